The Bertz CT molecular complexity index is 8160. The zero-order valence-corrected chi connectivity index (χ0v) is 64.5. The van der Waals surface area contributed by atoms with Crippen molar-refractivity contribution in [1.82, 2.24) is 9.13 Å². The average Bonchev–Trinajstić information content (AvgIpc) is 1.31. The first kappa shape index (κ1) is 54.1. The molecule has 20 aromatic rings. The van der Waals surface area contributed by atoms with E-state index in [4.69, 9.17) is 0 Å². The lowest BCUT2D eigenvalue weighted by Gasteiger charge is -2.46. The molecule has 1 atom stereocenters. The molecular weight excluding hydrogens is 1420 g/mol. The van der Waals surface area contributed by atoms with Gasteiger partial charge in [0.05, 0.1) is 60.8 Å². The Morgan fingerprint density at radius 2 is 0.644 bits per heavy atom. The fourth-order valence-electron chi connectivity index (χ4n) is 19.3. The van der Waals surface area contributed by atoms with Crippen molar-refractivity contribution in [2.75, 3.05) is 9.80 Å². The lowest BCUT2D eigenvalue weighted by molar-refractivity contribution is 0.591. The molecule has 0 spiro atoms. The van der Waals surface area contributed by atoms with Crippen molar-refractivity contribution < 1.29 is 21.9 Å². The van der Waals surface area contributed by atoms with E-state index in [2.05, 4.69) is 243 Å². The first-order valence-electron chi connectivity index (χ1n) is 47.9. The number of fused-ring (bicyclic) bond motifs is 13. The molecule has 0 saturated carbocycles. The van der Waals surface area contributed by atoms with Crippen LogP contribution in [0.5, 0.6) is 0 Å². The van der Waals surface area contributed by atoms with Crippen LogP contribution < -0.4 is 26.2 Å². The second-order valence-electron chi connectivity index (χ2n) is 31.8. The highest BCUT2D eigenvalue weighted by Gasteiger charge is 2.50. The van der Waals surface area contributed by atoms with E-state index in [1.54, 1.807) is 9.13 Å². The van der Waals surface area contributed by atoms with Gasteiger partial charge in [0.15, 0.2) is 0 Å². The van der Waals surface area contributed by atoms with Crippen LogP contribution in [0.3, 0.4) is 0 Å². The first-order chi connectivity index (χ1) is 64.9. The van der Waals surface area contributed by atoms with Crippen LogP contribution in [0.25, 0.3) is 133 Å². The average molecular weight is 1520 g/mol. The molecule has 3 aliphatic rings. The second-order valence-corrected chi connectivity index (χ2v) is 31.8. The monoisotopic (exact) mass is 1520 g/mol. The van der Waals surface area contributed by atoms with Crippen LogP contribution in [-0.2, 0) is 10.8 Å². The van der Waals surface area contributed by atoms with Crippen molar-refractivity contribution in [3.05, 3.63) is 452 Å². The molecule has 1 aliphatic carbocycles. The number of para-hydroxylation sites is 5. The SMILES string of the molecule is [2H]c1c([2H])c([2H])c2c(c1[2H])c1c([2H])c([2H])c([2H])c([2H])c1n2-c1ccc2c(c1)N(c1c(-c3ccccc3)cccc1-c1ccccc1)c1cc(-c3cccc4c3C(c3ccccc3)(c3cccc(-c5ccccc5)c3)c3ccccc3-4)cc3c1B2c1ccc(-n2c4c([2H])c([2H])c([2H])c([2H])c4c4c([2H])c([2H])c([2H])c([2H])c42)cc1N3c1c(-c2ccccc2)cc(C(C)(C)C)cc1-c1ccccc1. The minimum atomic E-state index is -1.07. The predicted octanol–water partition coefficient (Wildman–Crippen LogP) is 27.6. The molecule has 118 heavy (non-hydrogen) atoms. The molecule has 0 saturated heterocycles. The van der Waals surface area contributed by atoms with Gasteiger partial charge in [-0.25, -0.2) is 0 Å². The Balaban J connectivity index is 0.956. The highest BCUT2D eigenvalue weighted by atomic mass is 15.2. The summed E-state index contributed by atoms with van der Waals surface area (Å²) in [7, 11) is 0. The second kappa shape index (κ2) is 27.2. The number of rotatable bonds is 12. The summed E-state index contributed by atoms with van der Waals surface area (Å²) in [6, 6.07) is 106. The Morgan fingerprint density at radius 1 is 0.280 bits per heavy atom. The maximum Gasteiger partial charge on any atom is 0.252 e. The third-order valence-electron chi connectivity index (χ3n) is 24.4. The summed E-state index contributed by atoms with van der Waals surface area (Å²) in [6.07, 6.45) is 0. The molecule has 18 aromatic carbocycles. The maximum atomic E-state index is 10.1. The minimum absolute atomic E-state index is 0.0674. The molecule has 0 N–H and O–H groups in total. The van der Waals surface area contributed by atoms with Gasteiger partial charge in [-0.1, -0.05) is 366 Å². The van der Waals surface area contributed by atoms with Gasteiger partial charge < -0.3 is 18.9 Å². The van der Waals surface area contributed by atoms with Crippen molar-refractivity contribution >= 4 is 101 Å². The van der Waals surface area contributed by atoms with Crippen LogP contribution >= 0.6 is 0 Å². The van der Waals surface area contributed by atoms with Crippen molar-refractivity contribution in [2.45, 2.75) is 31.6 Å². The molecule has 0 bridgehead atoms. The van der Waals surface area contributed by atoms with E-state index >= 15 is 0 Å². The van der Waals surface area contributed by atoms with Crippen molar-refractivity contribution in [2.24, 2.45) is 0 Å². The van der Waals surface area contributed by atoms with E-state index in [-0.39, 0.29) is 43.6 Å². The Kier molecular flexibility index (Phi) is 12.5. The van der Waals surface area contributed by atoms with Gasteiger partial charge >= 0.3 is 0 Å². The molecular formula is C113H79BN4. The third-order valence-corrected chi connectivity index (χ3v) is 24.4. The van der Waals surface area contributed by atoms with Gasteiger partial charge in [-0.15, -0.1) is 0 Å². The summed E-state index contributed by atoms with van der Waals surface area (Å²) in [5, 5.41) is -0.349. The summed E-state index contributed by atoms with van der Waals surface area (Å²) in [4.78, 5) is 4.72. The smallest absolute Gasteiger partial charge is 0.252 e. The lowest BCUT2D eigenvalue weighted by atomic mass is 9.33. The molecule has 1 unspecified atom stereocenters. The van der Waals surface area contributed by atoms with Crippen LogP contribution in [-0.4, -0.2) is 15.8 Å². The van der Waals surface area contributed by atoms with Gasteiger partial charge in [-0.2, -0.15) is 0 Å². The largest absolute Gasteiger partial charge is 0.310 e. The van der Waals surface area contributed by atoms with Crippen molar-refractivity contribution in [3.63, 3.8) is 0 Å². The van der Waals surface area contributed by atoms with Crippen LogP contribution in [0.4, 0.5) is 34.1 Å². The first-order valence-corrected chi connectivity index (χ1v) is 39.9. The molecule has 0 fully saturated rings. The normalized spacial score (nSPS) is 15.8. The Morgan fingerprint density at radius 3 is 1.11 bits per heavy atom. The van der Waals surface area contributed by atoms with Gasteiger partial charge in [-0.05, 0) is 184 Å². The zero-order chi connectivity index (χ0) is 92.2. The van der Waals surface area contributed by atoms with E-state index in [9.17, 15) is 21.9 Å². The standard InChI is InChI=1S/C113H79BN4/c1-112(2,3)83-70-95(77-41-16-7-17-42-77)111(96(71-83)78-43-18-8-19-44-78)118-105-73-85(116-102-61-30-25-52-92(102)93-53-26-31-62-103(93)116)64-66-99(105)114-98-65-63-84(115-100-59-28-23-50-90(100)91-51-24-29-60-101(91)115)72-104(98)117(110-87(75-37-12-5-13-38-75)55-34-56-88(110)76-39-14-6-15-40-76)106-68-80(69-107(118)109(106)114)86-54-33-57-94-89-49-22-27-58-97(89)113(108(86)94,81-46-20-9-21-47-81)82-48-32-45-79(67-82)74-35-10-4-11-36-74/h4-73H,1-3H3/i23D,24D,25D,26D,28D,29D,30D,31D,50D,51D,52D,53D,59D,60D,61D,62D. The Labute approximate surface area is 710 Å². The molecule has 5 heteroatoms. The summed E-state index contributed by atoms with van der Waals surface area (Å²) in [5.74, 6) is 0. The molecule has 4 nitrogen and oxygen atoms in total. The number of hydrogen-bond donors (Lipinski definition) is 0. The van der Waals surface area contributed by atoms with Gasteiger partial charge in [0.2, 0.25) is 0 Å². The van der Waals surface area contributed by atoms with Crippen molar-refractivity contribution in [3.8, 4) is 89.3 Å². The summed E-state index contributed by atoms with van der Waals surface area (Å²) in [6.45, 7) is 5.78. The van der Waals surface area contributed by atoms with Crippen LogP contribution in [0.2, 0.25) is 0 Å². The fourth-order valence-corrected chi connectivity index (χ4v) is 19.3. The molecule has 0 amide bonds. The number of nitrogens with zero attached hydrogens (tertiary/aromatic N) is 4. The highest BCUT2D eigenvalue weighted by molar-refractivity contribution is 7.00. The van der Waals surface area contributed by atoms with E-state index in [0.717, 1.165) is 123 Å². The van der Waals surface area contributed by atoms with E-state index in [1.165, 1.54) is 0 Å². The van der Waals surface area contributed by atoms with Crippen molar-refractivity contribution in [1.29, 1.82) is 0 Å². The number of aromatic nitrogens is 2. The maximum absolute atomic E-state index is 10.1. The minimum Gasteiger partial charge on any atom is -0.310 e. The molecule has 23 rings (SSSR count). The molecule has 4 heterocycles. The van der Waals surface area contributed by atoms with Gasteiger partial charge in [0, 0.05) is 77.9 Å². The fraction of sp³-hybridized carbons (Fsp3) is 0.0442. The van der Waals surface area contributed by atoms with E-state index in [0.29, 0.717) is 45.0 Å². The highest BCUT2D eigenvalue weighted by Crippen LogP contribution is 2.61. The summed E-state index contributed by atoms with van der Waals surface area (Å²) >= 11 is 0. The molecule has 2 aliphatic heterocycles. The van der Waals surface area contributed by atoms with Crippen LogP contribution in [0, 0.1) is 0 Å². The number of benzene rings is 18. The van der Waals surface area contributed by atoms with E-state index in [1.807, 2.05) is 115 Å². The summed E-state index contributed by atoms with van der Waals surface area (Å²) in [5.41, 5.74) is 22.5. The van der Waals surface area contributed by atoms with Gasteiger partial charge in [-0.3, -0.25) is 0 Å². The molecule has 2 aromatic heterocycles. The van der Waals surface area contributed by atoms with E-state index < -0.39 is 114 Å². The lowest BCUT2D eigenvalue weighted by Crippen LogP contribution is -2.61. The quantitative estimate of drug-likeness (QED) is 0.113. The van der Waals surface area contributed by atoms with Gasteiger partial charge in [0.25, 0.3) is 6.71 Å². The van der Waals surface area contributed by atoms with Crippen LogP contribution in [0.15, 0.2) is 424 Å². The Hall–Kier alpha value is -14.8. The number of anilines is 6. The van der Waals surface area contributed by atoms with Gasteiger partial charge in [0.1, 0.15) is 0 Å². The molecule has 554 valence electrons. The summed E-state index contributed by atoms with van der Waals surface area (Å²) < 4.78 is 158. The van der Waals surface area contributed by atoms with Crippen LogP contribution in [0.1, 0.15) is 70.5 Å². The molecule has 0 radical (unpaired) electrons. The topological polar surface area (TPSA) is 16.3 Å². The zero-order valence-electron chi connectivity index (χ0n) is 80.5. The predicted molar refractivity (Wildman–Crippen MR) is 498 cm³/mol. The number of hydrogen-bond acceptors (Lipinski definition) is 2. The third kappa shape index (κ3) is 10.6.